The summed E-state index contributed by atoms with van der Waals surface area (Å²) < 4.78 is 13.3. The molecule has 0 bridgehead atoms. The van der Waals surface area contributed by atoms with Crippen LogP contribution in [-0.4, -0.2) is 47.2 Å². The smallest absolute Gasteiger partial charge is 0.230 e. The second kappa shape index (κ2) is 8.58. The lowest BCUT2D eigenvalue weighted by Crippen LogP contribution is -2.32. The van der Waals surface area contributed by atoms with Gasteiger partial charge in [-0.2, -0.15) is 0 Å². The van der Waals surface area contributed by atoms with Gasteiger partial charge >= 0.3 is 0 Å². The van der Waals surface area contributed by atoms with Crippen molar-refractivity contribution in [2.45, 2.75) is 50.2 Å². The molecule has 1 saturated heterocycles. The zero-order chi connectivity index (χ0) is 22.3. The number of nitrogens with zero attached hydrogens (tertiary/aromatic N) is 2. The first-order chi connectivity index (χ1) is 15.4. The van der Waals surface area contributed by atoms with Crippen LogP contribution in [-0.2, 0) is 16.8 Å². The molecule has 32 heavy (non-hydrogen) atoms. The molecule has 1 aliphatic carbocycles. The maximum absolute atomic E-state index is 13.3. The van der Waals surface area contributed by atoms with E-state index >= 15 is 0 Å². The number of benzene rings is 2. The summed E-state index contributed by atoms with van der Waals surface area (Å²) in [6.45, 7) is 2.70. The van der Waals surface area contributed by atoms with Crippen LogP contribution in [0.15, 0.2) is 42.5 Å². The number of aliphatic hydroxyl groups excluding tert-OH is 1. The van der Waals surface area contributed by atoms with Gasteiger partial charge in [0.05, 0.1) is 11.7 Å². The Balaban J connectivity index is 1.22. The highest BCUT2D eigenvalue weighted by Gasteiger charge is 2.37. The van der Waals surface area contributed by atoms with Crippen LogP contribution in [0.25, 0.3) is 0 Å². The van der Waals surface area contributed by atoms with Gasteiger partial charge in [-0.1, -0.05) is 24.3 Å². The number of β-amino-alcohol motifs (C(OH)–C–C–N with tert-alkyl or cyclic N) is 1. The SMILES string of the molecule is O=C(C1CC1)N1CCc2cc([C@H](O)CN3CCC[C@](O)(c4ccc(F)cc4)CC3)ccc21. The summed E-state index contributed by atoms with van der Waals surface area (Å²) in [6.07, 6.45) is 4.21. The van der Waals surface area contributed by atoms with E-state index in [9.17, 15) is 19.4 Å². The Labute approximate surface area is 188 Å². The molecule has 5 nitrogen and oxygen atoms in total. The Morgan fingerprint density at radius 1 is 1.09 bits per heavy atom. The molecule has 2 heterocycles. The maximum Gasteiger partial charge on any atom is 0.230 e. The van der Waals surface area contributed by atoms with Crippen molar-refractivity contribution < 1.29 is 19.4 Å². The molecule has 0 unspecified atom stereocenters. The normalized spacial score (nSPS) is 24.8. The van der Waals surface area contributed by atoms with Crippen LogP contribution in [0.5, 0.6) is 0 Å². The van der Waals surface area contributed by atoms with Crippen LogP contribution >= 0.6 is 0 Å². The molecule has 0 spiro atoms. The Hall–Kier alpha value is -2.28. The molecule has 6 heteroatoms. The van der Waals surface area contributed by atoms with Crippen molar-refractivity contribution in [2.24, 2.45) is 5.92 Å². The van der Waals surface area contributed by atoms with Gasteiger partial charge in [0.1, 0.15) is 5.82 Å². The van der Waals surface area contributed by atoms with E-state index in [1.54, 1.807) is 12.1 Å². The van der Waals surface area contributed by atoms with Crippen molar-refractivity contribution in [3.05, 3.63) is 65.0 Å². The van der Waals surface area contributed by atoms with Crippen molar-refractivity contribution in [3.8, 4) is 0 Å². The van der Waals surface area contributed by atoms with Crippen molar-refractivity contribution >= 4 is 11.6 Å². The van der Waals surface area contributed by atoms with Gasteiger partial charge in [-0.3, -0.25) is 4.79 Å². The van der Waals surface area contributed by atoms with E-state index in [1.165, 1.54) is 12.1 Å². The van der Waals surface area contributed by atoms with Crippen LogP contribution in [0.1, 0.15) is 54.9 Å². The molecule has 3 aliphatic rings. The van der Waals surface area contributed by atoms with E-state index < -0.39 is 11.7 Å². The lowest BCUT2D eigenvalue weighted by Gasteiger charge is -2.28. The van der Waals surface area contributed by atoms with Gasteiger partial charge in [-0.15, -0.1) is 0 Å². The predicted octanol–water partition coefficient (Wildman–Crippen LogP) is 3.53. The molecule has 2 N–H and O–H groups in total. The second-order valence-corrected chi connectivity index (χ2v) is 9.61. The van der Waals surface area contributed by atoms with Gasteiger partial charge < -0.3 is 20.0 Å². The van der Waals surface area contributed by atoms with Crippen molar-refractivity contribution in [2.75, 3.05) is 31.1 Å². The summed E-state index contributed by atoms with van der Waals surface area (Å²) in [5.74, 6) is 0.156. The first-order valence-corrected chi connectivity index (χ1v) is 11.8. The molecule has 0 radical (unpaired) electrons. The Morgan fingerprint density at radius 2 is 1.88 bits per heavy atom. The van der Waals surface area contributed by atoms with E-state index in [0.29, 0.717) is 25.9 Å². The summed E-state index contributed by atoms with van der Waals surface area (Å²) in [6, 6.07) is 12.1. The molecule has 2 atom stereocenters. The van der Waals surface area contributed by atoms with E-state index in [2.05, 4.69) is 4.90 Å². The first kappa shape index (κ1) is 21.6. The van der Waals surface area contributed by atoms with E-state index in [0.717, 1.165) is 61.2 Å². The minimum absolute atomic E-state index is 0.211. The quantitative estimate of drug-likeness (QED) is 0.750. The second-order valence-electron chi connectivity index (χ2n) is 9.61. The standard InChI is InChI=1S/C26H31FN2O3/c27-22-7-5-21(6-8-22)26(32)11-1-13-28(15-12-26)17-24(30)20-4-9-23-19(16-20)10-14-29(23)25(31)18-2-3-18/h4-9,16,18,24,30,32H,1-3,10-15,17H2/t24-,26-/m1/s1. The van der Waals surface area contributed by atoms with Gasteiger partial charge in [0.25, 0.3) is 0 Å². The zero-order valence-corrected chi connectivity index (χ0v) is 18.3. The minimum atomic E-state index is -0.960. The monoisotopic (exact) mass is 438 g/mol. The van der Waals surface area contributed by atoms with E-state index in [4.69, 9.17) is 0 Å². The van der Waals surface area contributed by atoms with E-state index in [-0.39, 0.29) is 17.6 Å². The number of rotatable bonds is 5. The number of hydrogen-bond acceptors (Lipinski definition) is 4. The van der Waals surface area contributed by atoms with Crippen LogP contribution in [0.4, 0.5) is 10.1 Å². The molecule has 5 rings (SSSR count). The number of likely N-dealkylation sites (tertiary alicyclic amines) is 1. The number of aliphatic hydroxyl groups is 2. The van der Waals surface area contributed by atoms with Crippen LogP contribution < -0.4 is 4.90 Å². The van der Waals surface area contributed by atoms with Crippen molar-refractivity contribution in [3.63, 3.8) is 0 Å². The van der Waals surface area contributed by atoms with Crippen molar-refractivity contribution in [1.82, 2.24) is 4.90 Å². The summed E-state index contributed by atoms with van der Waals surface area (Å²) in [7, 11) is 0. The molecule has 1 saturated carbocycles. The highest BCUT2D eigenvalue weighted by molar-refractivity contribution is 5.98. The number of halogens is 1. The fourth-order valence-electron chi connectivity index (χ4n) is 5.16. The molecule has 2 aliphatic heterocycles. The number of anilines is 1. The largest absolute Gasteiger partial charge is 0.387 e. The first-order valence-electron chi connectivity index (χ1n) is 11.8. The fourth-order valence-corrected chi connectivity index (χ4v) is 5.16. The summed E-state index contributed by atoms with van der Waals surface area (Å²) in [5, 5.41) is 22.1. The summed E-state index contributed by atoms with van der Waals surface area (Å²) >= 11 is 0. The number of fused-ring (bicyclic) bond motifs is 1. The molecule has 170 valence electrons. The lowest BCUT2D eigenvalue weighted by molar-refractivity contribution is -0.119. The van der Waals surface area contributed by atoms with Crippen LogP contribution in [0, 0.1) is 11.7 Å². The fraction of sp³-hybridized carbons (Fsp3) is 0.500. The zero-order valence-electron chi connectivity index (χ0n) is 18.3. The third kappa shape index (κ3) is 4.32. The lowest BCUT2D eigenvalue weighted by atomic mass is 9.87. The highest BCUT2D eigenvalue weighted by atomic mass is 19.1. The van der Waals surface area contributed by atoms with Gasteiger partial charge in [-0.05, 0) is 80.0 Å². The average Bonchev–Trinajstić information content (AvgIpc) is 3.58. The molecule has 2 aromatic carbocycles. The van der Waals surface area contributed by atoms with Gasteiger partial charge in [0, 0.05) is 31.2 Å². The number of carbonyl (C=O) groups excluding carboxylic acids is 1. The Morgan fingerprint density at radius 3 is 2.62 bits per heavy atom. The number of hydrogen-bond donors (Lipinski definition) is 2. The summed E-state index contributed by atoms with van der Waals surface area (Å²) in [5.41, 5.74) is 2.81. The summed E-state index contributed by atoms with van der Waals surface area (Å²) in [4.78, 5) is 16.6. The minimum Gasteiger partial charge on any atom is -0.387 e. The molecule has 2 aromatic rings. The van der Waals surface area contributed by atoms with Gasteiger partial charge in [0.2, 0.25) is 5.91 Å². The number of amides is 1. The Bertz CT molecular complexity index is 991. The van der Waals surface area contributed by atoms with Gasteiger partial charge in [0.15, 0.2) is 0 Å². The third-order valence-electron chi connectivity index (χ3n) is 7.30. The van der Waals surface area contributed by atoms with Gasteiger partial charge in [-0.25, -0.2) is 4.39 Å². The third-order valence-corrected chi connectivity index (χ3v) is 7.30. The Kier molecular flexibility index (Phi) is 5.78. The number of carbonyl (C=O) groups is 1. The van der Waals surface area contributed by atoms with Crippen molar-refractivity contribution in [1.29, 1.82) is 0 Å². The van der Waals surface area contributed by atoms with Crippen LogP contribution in [0.2, 0.25) is 0 Å². The maximum atomic E-state index is 13.3. The predicted molar refractivity (Wildman–Crippen MR) is 121 cm³/mol. The molecule has 2 fully saturated rings. The molecular formula is C26H31FN2O3. The molecular weight excluding hydrogens is 407 g/mol. The topological polar surface area (TPSA) is 64.0 Å². The van der Waals surface area contributed by atoms with E-state index in [1.807, 2.05) is 23.1 Å². The van der Waals surface area contributed by atoms with Crippen LogP contribution in [0.3, 0.4) is 0 Å². The average molecular weight is 439 g/mol. The molecule has 1 amide bonds. The highest BCUT2D eigenvalue weighted by Crippen LogP contribution is 2.38. The molecule has 0 aromatic heterocycles.